The van der Waals surface area contributed by atoms with Gasteiger partial charge in [0.15, 0.2) is 5.13 Å². The summed E-state index contributed by atoms with van der Waals surface area (Å²) in [5.74, 6) is -0.0322. The van der Waals surface area contributed by atoms with Gasteiger partial charge in [-0.05, 0) is 22.8 Å². The smallest absolute Gasteiger partial charge is 0.261 e. The molecule has 7 heteroatoms. The van der Waals surface area contributed by atoms with Crippen molar-refractivity contribution < 1.29 is 4.79 Å². The first-order chi connectivity index (χ1) is 11.6. The number of anilines is 1. The number of nitrogens with zero attached hydrogens (tertiary/aromatic N) is 2. The van der Waals surface area contributed by atoms with Crippen LogP contribution in [-0.4, -0.2) is 25.0 Å². The molecule has 24 heavy (non-hydrogen) atoms. The molecule has 124 valence electrons. The third kappa shape index (κ3) is 2.90. The number of benzene rings is 1. The van der Waals surface area contributed by atoms with Gasteiger partial charge in [-0.25, -0.2) is 4.98 Å². The molecule has 0 saturated heterocycles. The van der Waals surface area contributed by atoms with E-state index in [1.54, 1.807) is 11.3 Å². The van der Waals surface area contributed by atoms with Gasteiger partial charge < -0.3 is 15.5 Å². The van der Waals surface area contributed by atoms with Crippen LogP contribution in [0.3, 0.4) is 0 Å². The number of amides is 1. The number of rotatable bonds is 4. The predicted molar refractivity (Wildman–Crippen MR) is 100.0 cm³/mol. The first-order valence-electron chi connectivity index (χ1n) is 7.77. The van der Waals surface area contributed by atoms with E-state index in [1.807, 2.05) is 25.1 Å². The molecule has 0 saturated carbocycles. The second kappa shape index (κ2) is 6.16. The third-order valence-electron chi connectivity index (χ3n) is 4.04. The number of carbonyl (C=O) groups excluding carboxylic acids is 1. The van der Waals surface area contributed by atoms with E-state index in [0.717, 1.165) is 38.2 Å². The lowest BCUT2D eigenvalue weighted by molar-refractivity contribution is 0.0955. The zero-order valence-electron chi connectivity index (χ0n) is 13.5. The fourth-order valence-corrected chi connectivity index (χ4v) is 4.80. The molecule has 3 heterocycles. The van der Waals surface area contributed by atoms with Gasteiger partial charge in [-0.2, -0.15) is 0 Å². The minimum atomic E-state index is -0.0322. The normalized spacial score (nSPS) is 13.2. The average Bonchev–Trinajstić information content (AvgIpc) is 3.25. The van der Waals surface area contributed by atoms with Crippen LogP contribution in [-0.2, 0) is 19.6 Å². The van der Waals surface area contributed by atoms with Crippen LogP contribution in [0.4, 0.5) is 5.13 Å². The highest BCUT2D eigenvalue weighted by Gasteiger charge is 2.15. The Balaban J connectivity index is 1.45. The fourth-order valence-electron chi connectivity index (χ4n) is 2.75. The van der Waals surface area contributed by atoms with Crippen LogP contribution in [0.25, 0.3) is 9.53 Å². The number of nitrogens with one attached hydrogen (secondary N) is 2. The number of fused-ring (bicyclic) bond motifs is 2. The van der Waals surface area contributed by atoms with E-state index in [9.17, 15) is 4.79 Å². The van der Waals surface area contributed by atoms with Gasteiger partial charge in [0, 0.05) is 33.7 Å². The molecular formula is C17H18N4OS2. The van der Waals surface area contributed by atoms with Crippen molar-refractivity contribution in [2.24, 2.45) is 0 Å². The number of hydrogen-bond donors (Lipinski definition) is 2. The maximum Gasteiger partial charge on any atom is 0.261 e. The van der Waals surface area contributed by atoms with Crippen molar-refractivity contribution in [1.29, 1.82) is 0 Å². The van der Waals surface area contributed by atoms with Crippen molar-refractivity contribution in [2.75, 3.05) is 19.0 Å². The summed E-state index contributed by atoms with van der Waals surface area (Å²) in [5.41, 5.74) is 3.82. The lowest BCUT2D eigenvalue weighted by Gasteiger charge is -2.06. The number of hydrogen-bond acceptors (Lipinski definition) is 6. The van der Waals surface area contributed by atoms with Gasteiger partial charge in [-0.1, -0.05) is 29.5 Å². The Hall–Kier alpha value is -1.96. The SMILES string of the molecule is CN(C)c1nc2sc(C(=O)NCc3ccc4c(c3)CNC4)cc2s1. The largest absolute Gasteiger partial charge is 0.354 e. The van der Waals surface area contributed by atoms with E-state index in [-0.39, 0.29) is 5.91 Å². The highest BCUT2D eigenvalue weighted by atomic mass is 32.1. The summed E-state index contributed by atoms with van der Waals surface area (Å²) in [6.07, 6.45) is 0. The zero-order chi connectivity index (χ0) is 16.7. The first kappa shape index (κ1) is 15.6. The summed E-state index contributed by atoms with van der Waals surface area (Å²) in [6.45, 7) is 2.40. The summed E-state index contributed by atoms with van der Waals surface area (Å²) in [6, 6.07) is 8.34. The Labute approximate surface area is 148 Å². The molecule has 4 rings (SSSR count). The lowest BCUT2D eigenvalue weighted by atomic mass is 10.1. The molecule has 1 amide bonds. The summed E-state index contributed by atoms with van der Waals surface area (Å²) in [5, 5.41) is 7.31. The van der Waals surface area contributed by atoms with Crippen LogP contribution in [0, 0.1) is 0 Å². The Bertz CT molecular complexity index is 881. The van der Waals surface area contributed by atoms with Gasteiger partial charge in [0.25, 0.3) is 5.91 Å². The van der Waals surface area contributed by atoms with Crippen LogP contribution in [0.1, 0.15) is 26.4 Å². The molecule has 0 radical (unpaired) electrons. The van der Waals surface area contributed by atoms with Crippen LogP contribution >= 0.6 is 22.7 Å². The van der Waals surface area contributed by atoms with Crippen LogP contribution in [0.15, 0.2) is 24.3 Å². The molecule has 0 spiro atoms. The van der Waals surface area contributed by atoms with Gasteiger partial charge in [0.05, 0.1) is 9.58 Å². The number of thiophene rings is 1. The van der Waals surface area contributed by atoms with Crippen molar-refractivity contribution in [3.8, 4) is 0 Å². The summed E-state index contributed by atoms with van der Waals surface area (Å²) in [7, 11) is 3.95. The molecule has 0 fully saturated rings. The van der Waals surface area contributed by atoms with Crippen molar-refractivity contribution >= 4 is 43.2 Å². The molecule has 2 aromatic heterocycles. The van der Waals surface area contributed by atoms with E-state index < -0.39 is 0 Å². The van der Waals surface area contributed by atoms with Gasteiger partial charge >= 0.3 is 0 Å². The summed E-state index contributed by atoms with van der Waals surface area (Å²) >= 11 is 3.06. The molecule has 1 aromatic carbocycles. The number of carbonyl (C=O) groups is 1. The van der Waals surface area contributed by atoms with Crippen molar-refractivity contribution in [1.82, 2.24) is 15.6 Å². The average molecular weight is 358 g/mol. The minimum Gasteiger partial charge on any atom is -0.354 e. The van der Waals surface area contributed by atoms with Crippen LogP contribution in [0.2, 0.25) is 0 Å². The molecule has 2 N–H and O–H groups in total. The van der Waals surface area contributed by atoms with Crippen molar-refractivity contribution in [3.63, 3.8) is 0 Å². The highest BCUT2D eigenvalue weighted by Crippen LogP contribution is 2.33. The maximum atomic E-state index is 12.4. The Kier molecular flexibility index (Phi) is 3.99. The maximum absolute atomic E-state index is 12.4. The molecule has 0 bridgehead atoms. The standard InChI is InChI=1S/C17H18N4OS2/c1-21(2)17-20-16-14(24-17)6-13(23-16)15(22)19-7-10-3-4-11-8-18-9-12(11)5-10/h3-6,18H,7-9H2,1-2H3,(H,19,22). The Morgan fingerprint density at radius 2 is 2.08 bits per heavy atom. The Morgan fingerprint density at radius 1 is 1.25 bits per heavy atom. The topological polar surface area (TPSA) is 57.3 Å². The van der Waals surface area contributed by atoms with Crippen molar-refractivity contribution in [2.45, 2.75) is 19.6 Å². The number of aromatic nitrogens is 1. The first-order valence-corrected chi connectivity index (χ1v) is 9.41. The van der Waals surface area contributed by atoms with E-state index in [1.165, 1.54) is 22.5 Å². The number of thiazole rings is 1. The van der Waals surface area contributed by atoms with Gasteiger partial charge in [0.1, 0.15) is 4.83 Å². The van der Waals surface area contributed by atoms with E-state index in [4.69, 9.17) is 0 Å². The van der Waals surface area contributed by atoms with E-state index >= 15 is 0 Å². The van der Waals surface area contributed by atoms with Crippen LogP contribution in [0.5, 0.6) is 0 Å². The van der Waals surface area contributed by atoms with Gasteiger partial charge in [-0.3, -0.25) is 4.79 Å². The highest BCUT2D eigenvalue weighted by molar-refractivity contribution is 7.29. The zero-order valence-corrected chi connectivity index (χ0v) is 15.2. The summed E-state index contributed by atoms with van der Waals surface area (Å²) < 4.78 is 1.07. The van der Waals surface area contributed by atoms with E-state index in [0.29, 0.717) is 6.54 Å². The third-order valence-corrected chi connectivity index (χ3v) is 6.37. The molecule has 1 aliphatic rings. The molecule has 0 aliphatic carbocycles. The second-order valence-electron chi connectivity index (χ2n) is 6.06. The molecule has 0 atom stereocenters. The quantitative estimate of drug-likeness (QED) is 0.753. The predicted octanol–water partition coefficient (Wildman–Crippen LogP) is 2.96. The van der Waals surface area contributed by atoms with Gasteiger partial charge in [-0.15, -0.1) is 11.3 Å². The van der Waals surface area contributed by atoms with Gasteiger partial charge in [0.2, 0.25) is 0 Å². The molecule has 3 aromatic rings. The molecular weight excluding hydrogens is 340 g/mol. The Morgan fingerprint density at radius 3 is 2.88 bits per heavy atom. The molecule has 5 nitrogen and oxygen atoms in total. The monoisotopic (exact) mass is 358 g/mol. The molecule has 0 unspecified atom stereocenters. The fraction of sp³-hybridized carbons (Fsp3) is 0.294. The molecule has 1 aliphatic heterocycles. The second-order valence-corrected chi connectivity index (χ2v) is 8.10. The minimum absolute atomic E-state index is 0.0322. The van der Waals surface area contributed by atoms with Crippen molar-refractivity contribution in [3.05, 3.63) is 45.8 Å². The van der Waals surface area contributed by atoms with E-state index in [2.05, 4.69) is 33.8 Å². The summed E-state index contributed by atoms with van der Waals surface area (Å²) in [4.78, 5) is 20.6. The lowest BCUT2D eigenvalue weighted by Crippen LogP contribution is -2.21. The van der Waals surface area contributed by atoms with Crippen LogP contribution < -0.4 is 15.5 Å².